The van der Waals surface area contributed by atoms with Gasteiger partial charge in [0.2, 0.25) is 0 Å². The lowest BCUT2D eigenvalue weighted by Gasteiger charge is -2.19. The van der Waals surface area contributed by atoms with Crippen LogP contribution in [0.4, 0.5) is 13.2 Å². The Labute approximate surface area is 96.5 Å². The number of fused-ring (bicyclic) bond motifs is 1. The van der Waals surface area contributed by atoms with Crippen LogP contribution in [0.2, 0.25) is 0 Å². The summed E-state index contributed by atoms with van der Waals surface area (Å²) >= 11 is 6.13. The van der Waals surface area contributed by atoms with Gasteiger partial charge in [-0.05, 0) is 22.9 Å². The molecule has 0 aromatic heterocycles. The van der Waals surface area contributed by atoms with E-state index >= 15 is 0 Å². The third kappa shape index (κ3) is 1.40. The second-order valence-corrected chi connectivity index (χ2v) is 5.52. The van der Waals surface area contributed by atoms with Gasteiger partial charge in [-0.3, -0.25) is 0 Å². The van der Waals surface area contributed by atoms with Crippen molar-refractivity contribution in [3.63, 3.8) is 0 Å². The Bertz CT molecular complexity index is 344. The Hall–Kier alpha value is 0.230. The lowest BCUT2D eigenvalue weighted by molar-refractivity contribution is 0.0547. The van der Waals surface area contributed by atoms with Gasteiger partial charge in [-0.15, -0.1) is 0 Å². The van der Waals surface area contributed by atoms with E-state index in [1.807, 2.05) is 0 Å². The highest BCUT2D eigenvalue weighted by Gasteiger charge is 2.53. The second-order valence-electron chi connectivity index (χ2n) is 3.46. The molecule has 0 amide bonds. The van der Waals surface area contributed by atoms with Crippen molar-refractivity contribution < 1.29 is 13.2 Å². The zero-order valence-corrected chi connectivity index (χ0v) is 10.3. The molecule has 0 bridgehead atoms. The minimum atomic E-state index is -3.07. The summed E-state index contributed by atoms with van der Waals surface area (Å²) in [6.45, 7) is 0. The van der Waals surface area contributed by atoms with Gasteiger partial charge >= 0.3 is 0 Å². The molecule has 0 spiro atoms. The standard InChI is InChI=1S/C9H7Br2F3/c10-5-1-2-6(12)8-4(5)3-7(11)9(8,13)14/h7H,1-3H2. The Morgan fingerprint density at radius 2 is 1.93 bits per heavy atom. The summed E-state index contributed by atoms with van der Waals surface area (Å²) in [4.78, 5) is -0.976. The van der Waals surface area contributed by atoms with Gasteiger partial charge in [0, 0.05) is 6.42 Å². The van der Waals surface area contributed by atoms with E-state index in [4.69, 9.17) is 0 Å². The quantitative estimate of drug-likeness (QED) is 0.575. The molecule has 2 aliphatic carbocycles. The van der Waals surface area contributed by atoms with E-state index in [1.54, 1.807) is 0 Å². The minimum absolute atomic E-state index is 0.0781. The van der Waals surface area contributed by atoms with E-state index in [0.29, 0.717) is 12.0 Å². The molecule has 2 rings (SSSR count). The molecule has 78 valence electrons. The van der Waals surface area contributed by atoms with Crippen molar-refractivity contribution >= 4 is 31.9 Å². The van der Waals surface area contributed by atoms with Crippen LogP contribution in [-0.2, 0) is 0 Å². The fourth-order valence-electron chi connectivity index (χ4n) is 1.85. The number of halogens is 5. The molecular formula is C9H7Br2F3. The van der Waals surface area contributed by atoms with Crippen LogP contribution in [0.15, 0.2) is 21.5 Å². The summed E-state index contributed by atoms with van der Waals surface area (Å²) in [6.07, 6.45) is 0.755. The molecular weight excluding hydrogens is 325 g/mol. The van der Waals surface area contributed by atoms with Crippen molar-refractivity contribution in [1.29, 1.82) is 0 Å². The average molecular weight is 332 g/mol. The average Bonchev–Trinajstić information content (AvgIpc) is 2.33. The highest BCUT2D eigenvalue weighted by atomic mass is 79.9. The SMILES string of the molecule is FC1=C2C(=C(Br)CC1)CC(Br)C2(F)F. The molecule has 0 radical (unpaired) electrons. The summed E-state index contributed by atoms with van der Waals surface area (Å²) in [7, 11) is 0. The molecule has 14 heavy (non-hydrogen) atoms. The van der Waals surface area contributed by atoms with Gasteiger partial charge in [-0.2, -0.15) is 8.78 Å². The lowest BCUT2D eigenvalue weighted by atomic mass is 9.98. The maximum absolute atomic E-state index is 13.5. The first-order valence-electron chi connectivity index (χ1n) is 4.23. The highest BCUT2D eigenvalue weighted by molar-refractivity contribution is 9.11. The van der Waals surface area contributed by atoms with Crippen LogP contribution >= 0.6 is 31.9 Å². The van der Waals surface area contributed by atoms with E-state index in [1.165, 1.54) is 0 Å². The second kappa shape index (κ2) is 3.37. The largest absolute Gasteiger partial charge is 0.288 e. The molecule has 0 aromatic rings. The van der Waals surface area contributed by atoms with E-state index in [2.05, 4.69) is 31.9 Å². The van der Waals surface area contributed by atoms with Crippen molar-refractivity contribution in [3.05, 3.63) is 21.5 Å². The number of alkyl halides is 3. The van der Waals surface area contributed by atoms with Crippen LogP contribution in [0.1, 0.15) is 19.3 Å². The fraction of sp³-hybridized carbons (Fsp3) is 0.556. The molecule has 0 nitrogen and oxygen atoms in total. The first-order chi connectivity index (χ1) is 6.44. The molecule has 1 atom stereocenters. The summed E-state index contributed by atoms with van der Waals surface area (Å²) in [5.74, 6) is -3.73. The monoisotopic (exact) mass is 330 g/mol. The molecule has 0 saturated heterocycles. The molecule has 0 heterocycles. The van der Waals surface area contributed by atoms with E-state index < -0.39 is 22.1 Å². The highest BCUT2D eigenvalue weighted by Crippen LogP contribution is 2.53. The molecule has 0 aromatic carbocycles. The van der Waals surface area contributed by atoms with Crippen LogP contribution in [0.25, 0.3) is 0 Å². The molecule has 1 fully saturated rings. The molecule has 1 unspecified atom stereocenters. The topological polar surface area (TPSA) is 0 Å². The Morgan fingerprint density at radius 3 is 2.50 bits per heavy atom. The van der Waals surface area contributed by atoms with Crippen LogP contribution in [-0.4, -0.2) is 10.7 Å². The van der Waals surface area contributed by atoms with Crippen molar-refractivity contribution in [3.8, 4) is 0 Å². The van der Waals surface area contributed by atoms with Crippen LogP contribution in [0.3, 0.4) is 0 Å². The molecule has 2 aliphatic rings. The molecule has 5 heteroatoms. The number of hydrogen-bond acceptors (Lipinski definition) is 0. The Morgan fingerprint density at radius 1 is 1.29 bits per heavy atom. The lowest BCUT2D eigenvalue weighted by Crippen LogP contribution is -2.24. The van der Waals surface area contributed by atoms with E-state index in [0.717, 1.165) is 4.48 Å². The van der Waals surface area contributed by atoms with Crippen LogP contribution < -0.4 is 0 Å². The summed E-state index contributed by atoms with van der Waals surface area (Å²) < 4.78 is 41.0. The Kier molecular flexibility index (Phi) is 2.59. The van der Waals surface area contributed by atoms with Crippen LogP contribution in [0.5, 0.6) is 0 Å². The van der Waals surface area contributed by atoms with Gasteiger partial charge in [0.05, 0.1) is 10.4 Å². The predicted octanol–water partition coefficient (Wildman–Crippen LogP) is 4.46. The van der Waals surface area contributed by atoms with Crippen molar-refractivity contribution in [1.82, 2.24) is 0 Å². The number of rotatable bonds is 0. The summed E-state index contributed by atoms with van der Waals surface area (Å²) in [5.41, 5.74) is 0.0538. The first-order valence-corrected chi connectivity index (χ1v) is 5.94. The van der Waals surface area contributed by atoms with Gasteiger partial charge in [0.1, 0.15) is 5.83 Å². The van der Waals surface area contributed by atoms with Gasteiger partial charge in [-0.1, -0.05) is 31.9 Å². The number of allylic oxidation sites excluding steroid dienone is 4. The fourth-order valence-corrected chi connectivity index (χ4v) is 2.96. The third-order valence-corrected chi connectivity index (χ3v) is 4.35. The zero-order valence-electron chi connectivity index (χ0n) is 7.09. The first kappa shape index (κ1) is 10.7. The van der Waals surface area contributed by atoms with Gasteiger partial charge < -0.3 is 0 Å². The van der Waals surface area contributed by atoms with E-state index in [9.17, 15) is 13.2 Å². The van der Waals surface area contributed by atoms with Gasteiger partial charge in [0.15, 0.2) is 0 Å². The smallest absolute Gasteiger partial charge is 0.211 e. The minimum Gasteiger partial charge on any atom is -0.211 e. The Balaban J connectivity index is 2.57. The predicted molar refractivity (Wildman–Crippen MR) is 55.6 cm³/mol. The summed E-state index contributed by atoms with van der Waals surface area (Å²) in [6, 6.07) is 0. The number of hydrogen-bond donors (Lipinski definition) is 0. The summed E-state index contributed by atoms with van der Waals surface area (Å²) in [5, 5.41) is 0. The molecule has 0 aliphatic heterocycles. The van der Waals surface area contributed by atoms with Crippen molar-refractivity contribution in [2.45, 2.75) is 30.0 Å². The normalized spacial score (nSPS) is 31.1. The molecule has 0 N–H and O–H groups in total. The van der Waals surface area contributed by atoms with Gasteiger partial charge in [-0.25, -0.2) is 4.39 Å². The van der Waals surface area contributed by atoms with Crippen LogP contribution in [0, 0.1) is 0 Å². The van der Waals surface area contributed by atoms with Crippen molar-refractivity contribution in [2.24, 2.45) is 0 Å². The third-order valence-electron chi connectivity index (χ3n) is 2.57. The van der Waals surface area contributed by atoms with Gasteiger partial charge in [0.25, 0.3) is 5.92 Å². The molecule has 1 saturated carbocycles. The zero-order chi connectivity index (χ0) is 10.5. The van der Waals surface area contributed by atoms with Crippen molar-refractivity contribution in [2.75, 3.05) is 0 Å². The maximum Gasteiger partial charge on any atom is 0.288 e. The maximum atomic E-state index is 13.5. The van der Waals surface area contributed by atoms with E-state index in [-0.39, 0.29) is 12.8 Å².